The molecule has 0 unspecified atom stereocenters. The van der Waals surface area contributed by atoms with Crippen molar-refractivity contribution >= 4 is 29.2 Å². The number of nitrogens with zero attached hydrogens (tertiary/aromatic N) is 3. The molecular formula is C20H29N5O2S. The largest absolute Gasteiger partial charge is 0.379 e. The van der Waals surface area contributed by atoms with Crippen LogP contribution in [0.5, 0.6) is 0 Å². The molecule has 1 aliphatic rings. The number of ether oxygens (including phenoxy) is 1. The Balaban J connectivity index is 1.45. The van der Waals surface area contributed by atoms with Crippen molar-refractivity contribution in [3.63, 3.8) is 0 Å². The monoisotopic (exact) mass is 403 g/mol. The van der Waals surface area contributed by atoms with E-state index in [1.807, 2.05) is 35.1 Å². The zero-order chi connectivity index (χ0) is 20.0. The van der Waals surface area contributed by atoms with Gasteiger partial charge >= 0.3 is 6.03 Å². The summed E-state index contributed by atoms with van der Waals surface area (Å²) in [7, 11) is 0. The first kappa shape index (κ1) is 20.7. The number of hydrogen-bond acceptors (Lipinski definition) is 5. The Bertz CT molecular complexity index is 764. The molecule has 2 aromatic rings. The minimum absolute atomic E-state index is 0.161. The number of aromatic nitrogens is 2. The second kappa shape index (κ2) is 9.45. The van der Waals surface area contributed by atoms with Gasteiger partial charge in [-0.2, -0.15) is 5.10 Å². The lowest BCUT2D eigenvalue weighted by Gasteiger charge is -2.26. The molecule has 1 aromatic carbocycles. The van der Waals surface area contributed by atoms with Gasteiger partial charge in [0.2, 0.25) is 0 Å². The van der Waals surface area contributed by atoms with Crippen LogP contribution in [0.2, 0.25) is 0 Å². The second-order valence-corrected chi connectivity index (χ2v) is 9.66. The van der Waals surface area contributed by atoms with Crippen molar-refractivity contribution in [2.75, 3.05) is 43.5 Å². The molecule has 2 N–H and O–H groups in total. The predicted octanol–water partition coefficient (Wildman–Crippen LogP) is 3.75. The van der Waals surface area contributed by atoms with Gasteiger partial charge < -0.3 is 15.4 Å². The highest BCUT2D eigenvalue weighted by atomic mass is 32.2. The van der Waals surface area contributed by atoms with Gasteiger partial charge in [0.05, 0.1) is 31.6 Å². The normalized spacial score (nSPS) is 15.4. The standard InChI is InChI=1S/C20H29N5O2S/c1-20(2,3)28-18-6-4-16(5-7-18)22-19(26)23-17-14-21-25(15-17)9-8-24-10-12-27-13-11-24/h4-7,14-15H,8-13H2,1-3H3,(H2,22,23,26). The van der Waals surface area contributed by atoms with Gasteiger partial charge in [-0.3, -0.25) is 9.58 Å². The Morgan fingerprint density at radius 2 is 1.79 bits per heavy atom. The lowest BCUT2D eigenvalue weighted by atomic mass is 10.3. The number of urea groups is 1. The van der Waals surface area contributed by atoms with Crippen LogP contribution in [0.4, 0.5) is 16.2 Å². The maximum Gasteiger partial charge on any atom is 0.323 e. The zero-order valence-corrected chi connectivity index (χ0v) is 17.6. The van der Waals surface area contributed by atoms with Crippen molar-refractivity contribution in [3.8, 4) is 0 Å². The molecule has 0 saturated carbocycles. The van der Waals surface area contributed by atoms with Gasteiger partial charge in [0, 0.05) is 41.2 Å². The second-order valence-electron chi connectivity index (χ2n) is 7.76. The van der Waals surface area contributed by atoms with Crippen LogP contribution < -0.4 is 10.6 Å². The Hall–Kier alpha value is -2.03. The first-order chi connectivity index (χ1) is 13.4. The maximum atomic E-state index is 12.2. The fourth-order valence-electron chi connectivity index (χ4n) is 2.87. The van der Waals surface area contributed by atoms with Crippen molar-refractivity contribution in [1.82, 2.24) is 14.7 Å². The van der Waals surface area contributed by atoms with Crippen LogP contribution in [-0.2, 0) is 11.3 Å². The van der Waals surface area contributed by atoms with Crippen LogP contribution in [0.1, 0.15) is 20.8 Å². The lowest BCUT2D eigenvalue weighted by Crippen LogP contribution is -2.38. The smallest absolute Gasteiger partial charge is 0.323 e. The van der Waals surface area contributed by atoms with Crippen LogP contribution in [0, 0.1) is 0 Å². The van der Waals surface area contributed by atoms with E-state index in [9.17, 15) is 4.79 Å². The highest BCUT2D eigenvalue weighted by molar-refractivity contribution is 8.00. The average Bonchev–Trinajstić information content (AvgIpc) is 3.08. The quantitative estimate of drug-likeness (QED) is 0.719. The summed E-state index contributed by atoms with van der Waals surface area (Å²) in [5, 5.41) is 10.0. The molecule has 0 radical (unpaired) electrons. The number of carbonyl (C=O) groups excluding carboxylic acids is 1. The molecule has 0 bridgehead atoms. The van der Waals surface area contributed by atoms with Crippen LogP contribution in [0.15, 0.2) is 41.6 Å². The third-order valence-electron chi connectivity index (χ3n) is 4.18. The number of rotatable bonds is 6. The van der Waals surface area contributed by atoms with E-state index in [1.54, 1.807) is 18.0 Å². The molecule has 0 spiro atoms. The molecule has 3 rings (SSSR count). The molecule has 28 heavy (non-hydrogen) atoms. The lowest BCUT2D eigenvalue weighted by molar-refractivity contribution is 0.0360. The summed E-state index contributed by atoms with van der Waals surface area (Å²) in [6.45, 7) is 11.8. The molecule has 2 heterocycles. The van der Waals surface area contributed by atoms with Crippen LogP contribution in [-0.4, -0.2) is 58.3 Å². The topological polar surface area (TPSA) is 71.4 Å². The average molecular weight is 404 g/mol. The third kappa shape index (κ3) is 6.85. The fraction of sp³-hybridized carbons (Fsp3) is 0.500. The van der Waals surface area contributed by atoms with E-state index < -0.39 is 0 Å². The summed E-state index contributed by atoms with van der Waals surface area (Å²) in [4.78, 5) is 15.8. The van der Waals surface area contributed by atoms with E-state index in [1.165, 1.54) is 4.90 Å². The molecular weight excluding hydrogens is 374 g/mol. The van der Waals surface area contributed by atoms with E-state index in [0.717, 1.165) is 45.1 Å². The Morgan fingerprint density at radius 1 is 1.11 bits per heavy atom. The van der Waals surface area contributed by atoms with Gasteiger partial charge in [-0.05, 0) is 24.3 Å². The number of thioether (sulfide) groups is 1. The minimum atomic E-state index is -0.274. The maximum absolute atomic E-state index is 12.2. The number of amides is 2. The first-order valence-electron chi connectivity index (χ1n) is 9.57. The SMILES string of the molecule is CC(C)(C)Sc1ccc(NC(=O)Nc2cnn(CCN3CCOCC3)c2)cc1. The zero-order valence-electron chi connectivity index (χ0n) is 16.8. The molecule has 7 nitrogen and oxygen atoms in total. The molecule has 1 aromatic heterocycles. The molecule has 0 atom stereocenters. The number of hydrogen-bond donors (Lipinski definition) is 2. The van der Waals surface area contributed by atoms with Crippen molar-refractivity contribution < 1.29 is 9.53 Å². The first-order valence-corrected chi connectivity index (χ1v) is 10.4. The molecule has 8 heteroatoms. The minimum Gasteiger partial charge on any atom is -0.379 e. The summed E-state index contributed by atoms with van der Waals surface area (Å²) in [6, 6.07) is 7.60. The molecule has 1 aliphatic heterocycles. The summed E-state index contributed by atoms with van der Waals surface area (Å²) in [6.07, 6.45) is 3.52. The van der Waals surface area contributed by atoms with Crippen molar-refractivity contribution in [3.05, 3.63) is 36.7 Å². The van der Waals surface area contributed by atoms with Crippen LogP contribution in [0.3, 0.4) is 0 Å². The Kier molecular flexibility index (Phi) is 6.98. The highest BCUT2D eigenvalue weighted by Crippen LogP contribution is 2.32. The van der Waals surface area contributed by atoms with E-state index in [0.29, 0.717) is 5.69 Å². The van der Waals surface area contributed by atoms with Crippen LogP contribution >= 0.6 is 11.8 Å². The Labute approximate surface area is 170 Å². The summed E-state index contributed by atoms with van der Waals surface area (Å²) < 4.78 is 7.37. The van der Waals surface area contributed by atoms with E-state index in [2.05, 4.69) is 41.4 Å². The molecule has 2 amide bonds. The van der Waals surface area contributed by atoms with Crippen molar-refractivity contribution in [2.45, 2.75) is 37.0 Å². The van der Waals surface area contributed by atoms with Gasteiger partial charge in [-0.15, -0.1) is 11.8 Å². The fourth-order valence-corrected chi connectivity index (χ4v) is 3.85. The number of morpholine rings is 1. The van der Waals surface area contributed by atoms with Gasteiger partial charge in [0.25, 0.3) is 0 Å². The molecule has 152 valence electrons. The number of carbonyl (C=O) groups is 1. The van der Waals surface area contributed by atoms with E-state index in [4.69, 9.17) is 4.74 Å². The molecule has 1 fully saturated rings. The van der Waals surface area contributed by atoms with Gasteiger partial charge in [-0.1, -0.05) is 20.8 Å². The summed E-state index contributed by atoms with van der Waals surface area (Å²) in [5.74, 6) is 0. The Morgan fingerprint density at radius 3 is 2.46 bits per heavy atom. The van der Waals surface area contributed by atoms with Gasteiger partial charge in [0.15, 0.2) is 0 Å². The highest BCUT2D eigenvalue weighted by Gasteiger charge is 2.13. The molecule has 1 saturated heterocycles. The summed E-state index contributed by atoms with van der Waals surface area (Å²) in [5.41, 5.74) is 1.44. The predicted molar refractivity (Wildman–Crippen MR) is 114 cm³/mol. The number of nitrogens with one attached hydrogen (secondary N) is 2. The van der Waals surface area contributed by atoms with E-state index >= 15 is 0 Å². The van der Waals surface area contributed by atoms with Crippen molar-refractivity contribution in [2.24, 2.45) is 0 Å². The van der Waals surface area contributed by atoms with Gasteiger partial charge in [0.1, 0.15) is 0 Å². The van der Waals surface area contributed by atoms with Crippen molar-refractivity contribution in [1.29, 1.82) is 0 Å². The number of benzene rings is 1. The summed E-state index contributed by atoms with van der Waals surface area (Å²) >= 11 is 1.80. The van der Waals surface area contributed by atoms with Gasteiger partial charge in [-0.25, -0.2) is 4.79 Å². The third-order valence-corrected chi connectivity index (χ3v) is 5.30. The van der Waals surface area contributed by atoms with E-state index in [-0.39, 0.29) is 10.8 Å². The molecule has 0 aliphatic carbocycles. The van der Waals surface area contributed by atoms with Crippen LogP contribution in [0.25, 0.3) is 0 Å². The number of anilines is 2.